The van der Waals surface area contributed by atoms with Crippen molar-refractivity contribution in [3.63, 3.8) is 0 Å². The van der Waals surface area contributed by atoms with Crippen molar-refractivity contribution in [1.82, 2.24) is 23.3 Å². The minimum absolute atomic E-state index is 0.132. The van der Waals surface area contributed by atoms with E-state index >= 15 is 0 Å². The Morgan fingerprint density at radius 3 is 2.36 bits per heavy atom. The highest BCUT2D eigenvalue weighted by atomic mass is 35.5. The number of aryl methyl sites for hydroxylation is 1. The highest BCUT2D eigenvalue weighted by Gasteiger charge is 2.31. The van der Waals surface area contributed by atoms with Crippen LogP contribution in [0.3, 0.4) is 0 Å². The molecule has 0 N–H and O–H groups in total. The van der Waals surface area contributed by atoms with E-state index in [1.165, 1.54) is 8.61 Å². The second-order valence-electron chi connectivity index (χ2n) is 7.98. The maximum absolute atomic E-state index is 12.8. The van der Waals surface area contributed by atoms with Crippen LogP contribution in [0.1, 0.15) is 36.4 Å². The average Bonchev–Trinajstić information content (AvgIpc) is 3.06. The molecule has 0 aliphatic carbocycles. The molecule has 1 aliphatic rings. The largest absolute Gasteiger partial charge is 0.337 e. The van der Waals surface area contributed by atoms with E-state index in [-0.39, 0.29) is 5.91 Å². The first-order chi connectivity index (χ1) is 15.7. The van der Waals surface area contributed by atoms with Crippen LogP contribution >= 0.6 is 11.6 Å². The van der Waals surface area contributed by atoms with Crippen molar-refractivity contribution in [1.29, 1.82) is 0 Å². The topological polar surface area (TPSA) is 78.8 Å². The molecule has 1 saturated heterocycles. The Kier molecular flexibility index (Phi) is 8.33. The van der Waals surface area contributed by atoms with E-state index in [1.807, 2.05) is 56.6 Å². The molecule has 1 aromatic carbocycles. The summed E-state index contributed by atoms with van der Waals surface area (Å²) in [6.07, 6.45) is 3.34. The molecule has 0 atom stereocenters. The van der Waals surface area contributed by atoms with Crippen molar-refractivity contribution in [2.45, 2.75) is 34.2 Å². The van der Waals surface area contributed by atoms with Crippen molar-refractivity contribution in [2.24, 2.45) is 0 Å². The van der Waals surface area contributed by atoms with Gasteiger partial charge >= 0.3 is 0 Å². The van der Waals surface area contributed by atoms with Crippen molar-refractivity contribution >= 4 is 33.8 Å². The Hall–Kier alpha value is -2.20. The van der Waals surface area contributed by atoms with Gasteiger partial charge in [-0.15, -0.1) is 0 Å². The van der Waals surface area contributed by atoms with E-state index < -0.39 is 10.2 Å². The minimum atomic E-state index is -3.48. The zero-order valence-corrected chi connectivity index (χ0v) is 21.2. The summed E-state index contributed by atoms with van der Waals surface area (Å²) >= 11 is 6.28. The Morgan fingerprint density at radius 1 is 1.12 bits per heavy atom. The van der Waals surface area contributed by atoms with Gasteiger partial charge in [0.1, 0.15) is 0 Å². The van der Waals surface area contributed by atoms with Gasteiger partial charge in [-0.1, -0.05) is 43.6 Å². The molecule has 8 nitrogen and oxygen atoms in total. The average molecular weight is 494 g/mol. The van der Waals surface area contributed by atoms with E-state index in [2.05, 4.69) is 5.10 Å². The van der Waals surface area contributed by atoms with Gasteiger partial charge in [0.05, 0.1) is 12.2 Å². The molecular weight excluding hydrogens is 462 g/mol. The Morgan fingerprint density at radius 2 is 1.76 bits per heavy atom. The molecule has 1 amide bonds. The molecule has 10 heteroatoms. The summed E-state index contributed by atoms with van der Waals surface area (Å²) in [5, 5.41) is 5.30. The lowest BCUT2D eigenvalue weighted by atomic mass is 10.1. The number of rotatable bonds is 8. The van der Waals surface area contributed by atoms with Gasteiger partial charge in [0.2, 0.25) is 5.91 Å². The van der Waals surface area contributed by atoms with Crippen LogP contribution in [0.5, 0.6) is 0 Å². The number of carbonyl (C=O) groups excluding carboxylic acids is 1. The fourth-order valence-electron chi connectivity index (χ4n) is 4.01. The Labute approximate surface area is 201 Å². The van der Waals surface area contributed by atoms with Crippen LogP contribution in [0.15, 0.2) is 30.3 Å². The van der Waals surface area contributed by atoms with Gasteiger partial charge in [-0.05, 0) is 31.6 Å². The van der Waals surface area contributed by atoms with Crippen LogP contribution in [0, 0.1) is 13.8 Å². The molecule has 3 rings (SSSR count). The molecular formula is C23H32ClN5O3S. The van der Waals surface area contributed by atoms with Gasteiger partial charge in [0.25, 0.3) is 10.2 Å². The van der Waals surface area contributed by atoms with Gasteiger partial charge in [0, 0.05) is 61.6 Å². The third-order valence-electron chi connectivity index (χ3n) is 6.02. The molecule has 0 spiro atoms. The van der Waals surface area contributed by atoms with E-state index in [4.69, 9.17) is 11.6 Å². The molecule has 33 heavy (non-hydrogen) atoms. The molecule has 0 saturated carbocycles. The quantitative estimate of drug-likeness (QED) is 0.530. The first-order valence-electron chi connectivity index (χ1n) is 11.2. The van der Waals surface area contributed by atoms with Crippen LogP contribution < -0.4 is 0 Å². The van der Waals surface area contributed by atoms with Crippen LogP contribution in [-0.2, 0) is 21.5 Å². The molecule has 0 bridgehead atoms. The smallest absolute Gasteiger partial charge is 0.282 e. The third kappa shape index (κ3) is 5.66. The Balaban J connectivity index is 1.65. The zero-order valence-electron chi connectivity index (χ0n) is 19.7. The number of benzene rings is 1. The maximum Gasteiger partial charge on any atom is 0.282 e. The minimum Gasteiger partial charge on any atom is -0.337 e. The van der Waals surface area contributed by atoms with Gasteiger partial charge in [0.15, 0.2) is 0 Å². The normalized spacial score (nSPS) is 15.6. The van der Waals surface area contributed by atoms with Gasteiger partial charge in [-0.25, -0.2) is 0 Å². The first kappa shape index (κ1) is 25.4. The fraction of sp³-hybridized carbons (Fsp3) is 0.478. The van der Waals surface area contributed by atoms with Gasteiger partial charge in [-0.2, -0.15) is 22.1 Å². The summed E-state index contributed by atoms with van der Waals surface area (Å²) in [7, 11) is -3.48. The number of aromatic nitrogens is 2. The summed E-state index contributed by atoms with van der Waals surface area (Å²) < 4.78 is 30.1. The summed E-state index contributed by atoms with van der Waals surface area (Å²) in [5.74, 6) is -0.132. The first-order valence-corrected chi connectivity index (χ1v) is 13.0. The van der Waals surface area contributed by atoms with Gasteiger partial charge < -0.3 is 4.90 Å². The van der Waals surface area contributed by atoms with Crippen molar-refractivity contribution in [2.75, 3.05) is 39.3 Å². The monoisotopic (exact) mass is 493 g/mol. The van der Waals surface area contributed by atoms with Crippen LogP contribution in [0.4, 0.5) is 0 Å². The number of halogens is 1. The van der Waals surface area contributed by atoms with E-state index in [9.17, 15) is 13.2 Å². The number of hydrogen-bond donors (Lipinski definition) is 0. The summed E-state index contributed by atoms with van der Waals surface area (Å²) in [4.78, 5) is 14.4. The highest BCUT2D eigenvalue weighted by Crippen LogP contribution is 2.20. The van der Waals surface area contributed by atoms with Crippen LogP contribution in [0.2, 0.25) is 5.02 Å². The highest BCUT2D eigenvalue weighted by molar-refractivity contribution is 7.86. The zero-order chi connectivity index (χ0) is 24.2. The number of hydrogen-bond acceptors (Lipinski definition) is 4. The molecule has 2 aromatic rings. The van der Waals surface area contributed by atoms with E-state index in [1.54, 1.807) is 17.1 Å². The van der Waals surface area contributed by atoms with E-state index in [0.29, 0.717) is 50.8 Å². The summed E-state index contributed by atoms with van der Waals surface area (Å²) in [6, 6.07) is 7.66. The van der Waals surface area contributed by atoms with Crippen LogP contribution in [-0.4, -0.2) is 76.9 Å². The third-order valence-corrected chi connectivity index (χ3v) is 8.57. The Bertz CT molecular complexity index is 1120. The molecule has 0 unspecified atom stereocenters. The number of nitrogens with zero attached hydrogens (tertiary/aromatic N) is 5. The van der Waals surface area contributed by atoms with Crippen molar-refractivity contribution in [3.05, 3.63) is 57.9 Å². The molecule has 180 valence electrons. The maximum atomic E-state index is 12.8. The molecule has 1 aliphatic heterocycles. The number of piperazine rings is 1. The second kappa shape index (κ2) is 10.8. The summed E-state index contributed by atoms with van der Waals surface area (Å²) in [5.41, 5.74) is 3.66. The second-order valence-corrected chi connectivity index (χ2v) is 10.3. The summed E-state index contributed by atoms with van der Waals surface area (Å²) in [6.45, 7) is 10.3. The molecule has 2 heterocycles. The molecule has 1 aromatic heterocycles. The van der Waals surface area contributed by atoms with E-state index in [0.717, 1.165) is 22.5 Å². The number of carbonyl (C=O) groups is 1. The lowest BCUT2D eigenvalue weighted by Gasteiger charge is -2.35. The predicted molar refractivity (Wildman–Crippen MR) is 131 cm³/mol. The molecule has 0 radical (unpaired) electrons. The SMILES string of the molecule is CCN(CC)S(=O)(=O)N1CCN(C(=O)/C=C/c2c(C)nn(Cc3ccccc3Cl)c2C)CC1. The van der Waals surface area contributed by atoms with Gasteiger partial charge in [-0.3, -0.25) is 9.48 Å². The fourth-order valence-corrected chi connectivity index (χ4v) is 5.81. The standard InChI is InChI=1S/C23H32ClN5O3S/c1-5-27(6-2)33(31,32)28-15-13-26(14-16-28)23(30)12-11-21-18(3)25-29(19(21)4)17-20-9-7-8-10-22(20)24/h7-12H,5-6,13-17H2,1-4H3/b12-11+. The lowest BCUT2D eigenvalue weighted by Crippen LogP contribution is -2.53. The predicted octanol–water partition coefficient (Wildman–Crippen LogP) is 2.95. The van der Waals surface area contributed by atoms with Crippen molar-refractivity contribution < 1.29 is 13.2 Å². The van der Waals surface area contributed by atoms with Crippen molar-refractivity contribution in [3.8, 4) is 0 Å². The molecule has 1 fully saturated rings. The lowest BCUT2D eigenvalue weighted by molar-refractivity contribution is -0.127. The van der Waals surface area contributed by atoms with Crippen LogP contribution in [0.25, 0.3) is 6.08 Å². The number of amides is 1.